The normalized spacial score (nSPS) is 11.7. The standard InChI is InChI=1S/C16H11F2NO/c1-10-8-11(17)6-7-12(10)16(20)14(9-19)13-4-2-3-5-15(13)18/h2-8,14H,1H3. The maximum atomic E-state index is 13.7. The Labute approximate surface area is 115 Å². The van der Waals surface area contributed by atoms with E-state index in [2.05, 4.69) is 0 Å². The minimum atomic E-state index is -1.24. The van der Waals surface area contributed by atoms with Gasteiger partial charge in [0.25, 0.3) is 0 Å². The summed E-state index contributed by atoms with van der Waals surface area (Å²) in [7, 11) is 0. The Balaban J connectivity index is 2.45. The van der Waals surface area contributed by atoms with Crippen LogP contribution in [0.4, 0.5) is 8.78 Å². The van der Waals surface area contributed by atoms with Crippen LogP contribution in [0.25, 0.3) is 0 Å². The zero-order valence-corrected chi connectivity index (χ0v) is 10.7. The summed E-state index contributed by atoms with van der Waals surface area (Å²) in [4.78, 5) is 12.3. The van der Waals surface area contributed by atoms with Gasteiger partial charge in [-0.2, -0.15) is 5.26 Å². The highest BCUT2D eigenvalue weighted by molar-refractivity contribution is 6.03. The van der Waals surface area contributed by atoms with Crippen LogP contribution < -0.4 is 0 Å². The molecule has 0 saturated carbocycles. The molecule has 0 aromatic heterocycles. The first-order valence-corrected chi connectivity index (χ1v) is 5.99. The van der Waals surface area contributed by atoms with Gasteiger partial charge in [0, 0.05) is 11.1 Å². The molecule has 0 radical (unpaired) electrons. The molecule has 0 fully saturated rings. The molecule has 2 aromatic rings. The molecular weight excluding hydrogens is 260 g/mol. The molecule has 2 aromatic carbocycles. The third-order valence-electron chi connectivity index (χ3n) is 3.06. The fraction of sp³-hybridized carbons (Fsp3) is 0.125. The van der Waals surface area contributed by atoms with Crippen LogP contribution in [-0.2, 0) is 0 Å². The SMILES string of the molecule is Cc1cc(F)ccc1C(=O)C(C#N)c1ccccc1F. The molecule has 2 rings (SSSR count). The zero-order valence-electron chi connectivity index (χ0n) is 10.7. The van der Waals surface area contributed by atoms with Gasteiger partial charge in [0.05, 0.1) is 6.07 Å². The fourth-order valence-electron chi connectivity index (χ4n) is 2.04. The van der Waals surface area contributed by atoms with Gasteiger partial charge < -0.3 is 0 Å². The highest BCUT2D eigenvalue weighted by Crippen LogP contribution is 2.24. The van der Waals surface area contributed by atoms with E-state index in [0.29, 0.717) is 5.56 Å². The highest BCUT2D eigenvalue weighted by atomic mass is 19.1. The number of nitriles is 1. The van der Waals surface area contributed by atoms with E-state index >= 15 is 0 Å². The van der Waals surface area contributed by atoms with Crippen molar-refractivity contribution in [3.05, 3.63) is 70.8 Å². The molecule has 0 saturated heterocycles. The number of hydrogen-bond acceptors (Lipinski definition) is 2. The van der Waals surface area contributed by atoms with Gasteiger partial charge in [0.15, 0.2) is 5.78 Å². The first-order valence-electron chi connectivity index (χ1n) is 5.99. The van der Waals surface area contributed by atoms with E-state index < -0.39 is 23.3 Å². The van der Waals surface area contributed by atoms with Gasteiger partial charge in [0.1, 0.15) is 17.6 Å². The van der Waals surface area contributed by atoms with Crippen LogP contribution in [-0.4, -0.2) is 5.78 Å². The summed E-state index contributed by atoms with van der Waals surface area (Å²) >= 11 is 0. The minimum absolute atomic E-state index is 0.0312. The van der Waals surface area contributed by atoms with Crippen molar-refractivity contribution in [1.29, 1.82) is 5.26 Å². The van der Waals surface area contributed by atoms with Gasteiger partial charge in [0.2, 0.25) is 0 Å². The Morgan fingerprint density at radius 2 is 1.90 bits per heavy atom. The summed E-state index contributed by atoms with van der Waals surface area (Å²) in [5.41, 5.74) is 0.677. The molecule has 1 atom stereocenters. The smallest absolute Gasteiger partial charge is 0.184 e. The molecule has 0 amide bonds. The average Bonchev–Trinajstić information content (AvgIpc) is 2.41. The zero-order chi connectivity index (χ0) is 14.7. The van der Waals surface area contributed by atoms with Crippen LogP contribution in [0, 0.1) is 29.9 Å². The number of Topliss-reactive ketones (excluding diaryl/α,β-unsaturated/α-hetero) is 1. The van der Waals surface area contributed by atoms with Gasteiger partial charge in [-0.3, -0.25) is 4.79 Å². The van der Waals surface area contributed by atoms with E-state index in [1.165, 1.54) is 30.3 Å². The Morgan fingerprint density at radius 3 is 2.50 bits per heavy atom. The second-order valence-electron chi connectivity index (χ2n) is 4.41. The average molecular weight is 271 g/mol. The number of hydrogen-bond donors (Lipinski definition) is 0. The quantitative estimate of drug-likeness (QED) is 0.797. The third kappa shape index (κ3) is 2.57. The van der Waals surface area contributed by atoms with Gasteiger partial charge in [-0.25, -0.2) is 8.78 Å². The summed E-state index contributed by atoms with van der Waals surface area (Å²) in [5.74, 6) is -2.83. The topological polar surface area (TPSA) is 40.9 Å². The fourth-order valence-corrected chi connectivity index (χ4v) is 2.04. The molecule has 4 heteroatoms. The molecule has 0 aliphatic rings. The molecule has 0 N–H and O–H groups in total. The minimum Gasteiger partial charge on any atom is -0.292 e. The lowest BCUT2D eigenvalue weighted by atomic mass is 9.89. The second kappa shape index (κ2) is 5.62. The van der Waals surface area contributed by atoms with Gasteiger partial charge in [-0.15, -0.1) is 0 Å². The summed E-state index contributed by atoms with van der Waals surface area (Å²) < 4.78 is 26.7. The predicted octanol–water partition coefficient (Wildman–Crippen LogP) is 3.76. The van der Waals surface area contributed by atoms with Crippen molar-refractivity contribution < 1.29 is 13.6 Å². The van der Waals surface area contributed by atoms with E-state index in [1.807, 2.05) is 6.07 Å². The van der Waals surface area contributed by atoms with Crippen LogP contribution >= 0.6 is 0 Å². The Morgan fingerprint density at radius 1 is 1.20 bits per heavy atom. The lowest BCUT2D eigenvalue weighted by Crippen LogP contribution is -2.14. The maximum Gasteiger partial charge on any atom is 0.184 e. The van der Waals surface area contributed by atoms with E-state index in [9.17, 15) is 13.6 Å². The molecule has 0 aliphatic heterocycles. The lowest BCUT2D eigenvalue weighted by Gasteiger charge is -2.11. The van der Waals surface area contributed by atoms with E-state index in [4.69, 9.17) is 5.26 Å². The molecule has 0 bridgehead atoms. The Kier molecular flexibility index (Phi) is 3.90. The monoisotopic (exact) mass is 271 g/mol. The second-order valence-corrected chi connectivity index (χ2v) is 4.41. The Hall–Kier alpha value is -2.54. The number of ketones is 1. The number of rotatable bonds is 3. The first kappa shape index (κ1) is 13.9. The number of carbonyl (C=O) groups is 1. The molecule has 2 nitrogen and oxygen atoms in total. The molecule has 1 unspecified atom stereocenters. The third-order valence-corrected chi connectivity index (χ3v) is 3.06. The summed E-state index contributed by atoms with van der Waals surface area (Å²) in [6.07, 6.45) is 0. The summed E-state index contributed by atoms with van der Waals surface area (Å²) in [5, 5.41) is 9.17. The molecule has 20 heavy (non-hydrogen) atoms. The van der Waals surface area contributed by atoms with Crippen LogP contribution in [0.1, 0.15) is 27.4 Å². The first-order chi connectivity index (χ1) is 9.54. The number of halogens is 2. The van der Waals surface area contributed by atoms with Crippen molar-refractivity contribution in [1.82, 2.24) is 0 Å². The summed E-state index contributed by atoms with van der Waals surface area (Å²) in [6.45, 7) is 1.58. The Bertz CT molecular complexity index is 704. The van der Waals surface area contributed by atoms with Crippen LogP contribution in [0.15, 0.2) is 42.5 Å². The largest absolute Gasteiger partial charge is 0.292 e. The molecular formula is C16H11F2NO. The van der Waals surface area contributed by atoms with E-state index in [-0.39, 0.29) is 11.1 Å². The molecule has 0 aliphatic carbocycles. The predicted molar refractivity (Wildman–Crippen MR) is 70.2 cm³/mol. The molecule has 0 spiro atoms. The summed E-state index contributed by atoms with van der Waals surface area (Å²) in [6, 6.07) is 11.1. The number of carbonyl (C=O) groups excluding carboxylic acids is 1. The van der Waals surface area contributed by atoms with Crippen molar-refractivity contribution in [3.63, 3.8) is 0 Å². The van der Waals surface area contributed by atoms with Crippen molar-refractivity contribution in [2.45, 2.75) is 12.8 Å². The van der Waals surface area contributed by atoms with Crippen molar-refractivity contribution >= 4 is 5.78 Å². The molecule has 0 heterocycles. The molecule has 100 valence electrons. The number of benzene rings is 2. The van der Waals surface area contributed by atoms with Gasteiger partial charge in [-0.1, -0.05) is 18.2 Å². The number of aryl methyl sites for hydroxylation is 1. The van der Waals surface area contributed by atoms with Crippen LogP contribution in [0.5, 0.6) is 0 Å². The van der Waals surface area contributed by atoms with Crippen LogP contribution in [0.3, 0.4) is 0 Å². The van der Waals surface area contributed by atoms with Gasteiger partial charge in [-0.05, 0) is 36.8 Å². The van der Waals surface area contributed by atoms with Crippen molar-refractivity contribution in [2.75, 3.05) is 0 Å². The number of nitrogens with zero attached hydrogens (tertiary/aromatic N) is 1. The van der Waals surface area contributed by atoms with Gasteiger partial charge >= 0.3 is 0 Å². The van der Waals surface area contributed by atoms with Crippen LogP contribution in [0.2, 0.25) is 0 Å². The van der Waals surface area contributed by atoms with Crippen molar-refractivity contribution in [2.24, 2.45) is 0 Å². The van der Waals surface area contributed by atoms with E-state index in [0.717, 1.165) is 6.07 Å². The highest BCUT2D eigenvalue weighted by Gasteiger charge is 2.25. The maximum absolute atomic E-state index is 13.7. The van der Waals surface area contributed by atoms with Crippen molar-refractivity contribution in [3.8, 4) is 6.07 Å². The van der Waals surface area contributed by atoms with E-state index in [1.54, 1.807) is 13.0 Å². The lowest BCUT2D eigenvalue weighted by molar-refractivity contribution is 0.0977.